The molecule has 30 heavy (non-hydrogen) atoms. The average Bonchev–Trinajstić information content (AvgIpc) is 2.67. The van der Waals surface area contributed by atoms with Gasteiger partial charge in [0, 0.05) is 12.5 Å². The van der Waals surface area contributed by atoms with Crippen LogP contribution in [-0.4, -0.2) is 32.3 Å². The summed E-state index contributed by atoms with van der Waals surface area (Å²) in [5, 5.41) is 40.1. The van der Waals surface area contributed by atoms with Crippen LogP contribution in [0.25, 0.3) is 6.08 Å². The van der Waals surface area contributed by atoms with E-state index in [-0.39, 0.29) is 29.2 Å². The maximum atomic E-state index is 12.6. The van der Waals surface area contributed by atoms with Gasteiger partial charge in [-0.3, -0.25) is 4.79 Å². The van der Waals surface area contributed by atoms with Crippen LogP contribution in [0.15, 0.2) is 60.2 Å². The van der Waals surface area contributed by atoms with Gasteiger partial charge in [-0.25, -0.2) is 0 Å². The zero-order valence-electron chi connectivity index (χ0n) is 17.5. The van der Waals surface area contributed by atoms with Crippen LogP contribution in [0.1, 0.15) is 47.8 Å². The lowest BCUT2D eigenvalue weighted by atomic mass is 9.99. The Morgan fingerprint density at radius 2 is 1.70 bits per heavy atom. The summed E-state index contributed by atoms with van der Waals surface area (Å²) in [5.74, 6) is -0.717. The monoisotopic (exact) mass is 408 g/mol. The Labute approximate surface area is 177 Å². The molecule has 0 bridgehead atoms. The van der Waals surface area contributed by atoms with Gasteiger partial charge in [0.25, 0.3) is 0 Å². The van der Waals surface area contributed by atoms with Crippen LogP contribution < -0.4 is 0 Å². The van der Waals surface area contributed by atoms with Gasteiger partial charge >= 0.3 is 0 Å². The highest BCUT2D eigenvalue weighted by molar-refractivity contribution is 6.08. The Kier molecular flexibility index (Phi) is 7.61. The second-order valence-corrected chi connectivity index (χ2v) is 7.64. The van der Waals surface area contributed by atoms with E-state index >= 15 is 0 Å². The molecule has 1 atom stereocenters. The molecule has 5 nitrogen and oxygen atoms in total. The SMILES string of the molecule is C=C(C)C(O)Cc1cc(/C=C/C(=O)c2cc(CC=C(C)C)c(O)cc2O)ccc1O. The molecule has 0 saturated carbocycles. The summed E-state index contributed by atoms with van der Waals surface area (Å²) in [6.45, 7) is 9.29. The smallest absolute Gasteiger partial charge is 0.189 e. The van der Waals surface area contributed by atoms with Crippen molar-refractivity contribution in [1.29, 1.82) is 0 Å². The highest BCUT2D eigenvalue weighted by Gasteiger charge is 2.14. The van der Waals surface area contributed by atoms with Crippen molar-refractivity contribution in [1.82, 2.24) is 0 Å². The minimum Gasteiger partial charge on any atom is -0.508 e. The Bertz CT molecular complexity index is 1010. The third-order valence-corrected chi connectivity index (χ3v) is 4.71. The Morgan fingerprint density at radius 1 is 1.00 bits per heavy atom. The first-order valence-corrected chi connectivity index (χ1v) is 9.64. The summed E-state index contributed by atoms with van der Waals surface area (Å²) < 4.78 is 0. The highest BCUT2D eigenvalue weighted by Crippen LogP contribution is 2.29. The van der Waals surface area contributed by atoms with E-state index in [4.69, 9.17) is 0 Å². The molecular weight excluding hydrogens is 380 g/mol. The summed E-state index contributed by atoms with van der Waals surface area (Å²) in [5.41, 5.74) is 3.52. The maximum Gasteiger partial charge on any atom is 0.189 e. The molecule has 2 rings (SSSR count). The number of rotatable bonds is 8. The summed E-state index contributed by atoms with van der Waals surface area (Å²) in [6, 6.07) is 7.49. The lowest BCUT2D eigenvalue weighted by molar-refractivity contribution is 0.104. The number of phenols is 3. The predicted molar refractivity (Wildman–Crippen MR) is 119 cm³/mol. The van der Waals surface area contributed by atoms with E-state index in [9.17, 15) is 25.2 Å². The van der Waals surface area contributed by atoms with Crippen molar-refractivity contribution in [2.45, 2.75) is 39.7 Å². The van der Waals surface area contributed by atoms with Gasteiger partial charge in [-0.05, 0) is 68.2 Å². The molecule has 2 aromatic carbocycles. The van der Waals surface area contributed by atoms with Crippen LogP contribution in [0.4, 0.5) is 0 Å². The minimum atomic E-state index is -0.773. The fourth-order valence-corrected chi connectivity index (χ4v) is 2.81. The molecule has 0 heterocycles. The lowest BCUT2D eigenvalue weighted by Crippen LogP contribution is -2.11. The number of ketones is 1. The number of hydrogen-bond donors (Lipinski definition) is 4. The van der Waals surface area contributed by atoms with Gasteiger partial charge < -0.3 is 20.4 Å². The van der Waals surface area contributed by atoms with Crippen molar-refractivity contribution < 1.29 is 25.2 Å². The zero-order chi connectivity index (χ0) is 22.4. The van der Waals surface area contributed by atoms with E-state index in [1.165, 1.54) is 24.3 Å². The number of carbonyl (C=O) groups excluding carboxylic acids is 1. The van der Waals surface area contributed by atoms with Crippen molar-refractivity contribution in [2.75, 3.05) is 0 Å². The summed E-state index contributed by atoms with van der Waals surface area (Å²) in [4.78, 5) is 12.6. The summed E-state index contributed by atoms with van der Waals surface area (Å²) in [7, 11) is 0. The van der Waals surface area contributed by atoms with Crippen molar-refractivity contribution in [3.8, 4) is 17.2 Å². The third kappa shape index (κ3) is 6.09. The number of hydrogen-bond acceptors (Lipinski definition) is 5. The second-order valence-electron chi connectivity index (χ2n) is 7.64. The molecule has 0 amide bonds. The van der Waals surface area contributed by atoms with Crippen LogP contribution in [0.5, 0.6) is 17.2 Å². The van der Waals surface area contributed by atoms with E-state index in [1.807, 2.05) is 19.9 Å². The lowest BCUT2D eigenvalue weighted by Gasteiger charge is -2.12. The van der Waals surface area contributed by atoms with Gasteiger partial charge in [0.1, 0.15) is 17.2 Å². The van der Waals surface area contributed by atoms with E-state index in [0.717, 1.165) is 5.57 Å². The molecule has 158 valence electrons. The normalized spacial score (nSPS) is 12.0. The van der Waals surface area contributed by atoms with Crippen molar-refractivity contribution in [2.24, 2.45) is 0 Å². The Hall–Kier alpha value is -3.31. The van der Waals surface area contributed by atoms with Crippen molar-refractivity contribution in [3.63, 3.8) is 0 Å². The van der Waals surface area contributed by atoms with Gasteiger partial charge in [-0.15, -0.1) is 0 Å². The number of benzene rings is 2. The first kappa shape index (κ1) is 23.0. The van der Waals surface area contributed by atoms with Gasteiger partial charge in [-0.2, -0.15) is 0 Å². The summed E-state index contributed by atoms with van der Waals surface area (Å²) >= 11 is 0. The van der Waals surface area contributed by atoms with Crippen LogP contribution >= 0.6 is 0 Å². The molecule has 0 saturated heterocycles. The van der Waals surface area contributed by atoms with Gasteiger partial charge in [-0.1, -0.05) is 35.9 Å². The standard InChI is InChI=1S/C25H28O5/c1-15(2)5-8-18-12-20(25(30)14-24(18)29)22(27)10-7-17-6-9-21(26)19(11-17)13-23(28)16(3)4/h5-7,9-12,14,23,26,28-30H,3,8,13H2,1-2,4H3/b10-7+. The number of carbonyl (C=O) groups is 1. The molecule has 0 radical (unpaired) electrons. The van der Waals surface area contributed by atoms with Crippen LogP contribution in [-0.2, 0) is 12.8 Å². The largest absolute Gasteiger partial charge is 0.508 e. The Balaban J connectivity index is 2.26. The van der Waals surface area contributed by atoms with E-state index < -0.39 is 11.9 Å². The topological polar surface area (TPSA) is 98.0 Å². The number of aliphatic hydroxyl groups excluding tert-OH is 1. The van der Waals surface area contributed by atoms with Crippen molar-refractivity contribution in [3.05, 3.63) is 82.5 Å². The van der Waals surface area contributed by atoms with Gasteiger partial charge in [0.2, 0.25) is 0 Å². The van der Waals surface area contributed by atoms with Gasteiger partial charge in [0.15, 0.2) is 5.78 Å². The maximum absolute atomic E-state index is 12.6. The van der Waals surface area contributed by atoms with Crippen LogP contribution in [0.3, 0.4) is 0 Å². The number of aliphatic hydroxyl groups is 1. The zero-order valence-corrected chi connectivity index (χ0v) is 17.5. The summed E-state index contributed by atoms with van der Waals surface area (Å²) in [6.07, 6.45) is 4.70. The molecule has 4 N–H and O–H groups in total. The quantitative estimate of drug-likeness (QED) is 0.289. The number of phenolic OH excluding ortho intramolecular Hbond substituents is 3. The average molecular weight is 408 g/mol. The predicted octanol–water partition coefficient (Wildman–Crippen LogP) is 4.69. The molecule has 2 aromatic rings. The number of aromatic hydroxyl groups is 3. The van der Waals surface area contributed by atoms with Gasteiger partial charge in [0.05, 0.1) is 11.7 Å². The van der Waals surface area contributed by atoms with E-state index in [1.54, 1.807) is 25.1 Å². The van der Waals surface area contributed by atoms with Crippen molar-refractivity contribution >= 4 is 11.9 Å². The molecule has 0 aromatic heterocycles. The van der Waals surface area contributed by atoms with Crippen LogP contribution in [0.2, 0.25) is 0 Å². The molecule has 0 aliphatic carbocycles. The molecular formula is C25H28O5. The molecule has 0 aliphatic heterocycles. The fourth-order valence-electron chi connectivity index (χ4n) is 2.81. The fraction of sp³-hybridized carbons (Fsp3) is 0.240. The third-order valence-electron chi connectivity index (χ3n) is 4.71. The number of allylic oxidation sites excluding steroid dienone is 3. The molecule has 0 fully saturated rings. The molecule has 5 heteroatoms. The highest BCUT2D eigenvalue weighted by atomic mass is 16.3. The second kappa shape index (κ2) is 9.94. The molecule has 0 spiro atoms. The first-order chi connectivity index (χ1) is 14.1. The molecule has 1 unspecified atom stereocenters. The van der Waals surface area contributed by atoms with Crippen LogP contribution in [0, 0.1) is 0 Å². The Morgan fingerprint density at radius 3 is 2.33 bits per heavy atom. The van der Waals surface area contributed by atoms with E-state index in [0.29, 0.717) is 28.7 Å². The first-order valence-electron chi connectivity index (χ1n) is 9.64. The van der Waals surface area contributed by atoms with E-state index in [2.05, 4.69) is 6.58 Å². The minimum absolute atomic E-state index is 0.0545. The molecule has 0 aliphatic rings.